The maximum Gasteiger partial charge on any atom is 0.342 e. The number of rotatable bonds is 4. The second-order valence-corrected chi connectivity index (χ2v) is 5.66. The van der Waals surface area contributed by atoms with Gasteiger partial charge in [0.05, 0.1) is 0 Å². The van der Waals surface area contributed by atoms with Gasteiger partial charge < -0.3 is 14.5 Å². The van der Waals surface area contributed by atoms with Gasteiger partial charge in [0, 0.05) is 6.04 Å². The number of carbonyl (C=O) groups excluding carboxylic acids is 2. The predicted molar refractivity (Wildman–Crippen MR) is 78.1 cm³/mol. The predicted octanol–water partition coefficient (Wildman–Crippen LogP) is 2.89. The highest BCUT2D eigenvalue weighted by Crippen LogP contribution is 2.17. The van der Waals surface area contributed by atoms with Crippen LogP contribution in [-0.4, -0.2) is 24.5 Å². The monoisotopic (exact) mass is 293 g/mol. The number of nitrogens with one attached hydrogen (secondary N) is 1. The van der Waals surface area contributed by atoms with E-state index in [9.17, 15) is 9.59 Å². The minimum absolute atomic E-state index is 0.219. The van der Waals surface area contributed by atoms with Crippen molar-refractivity contribution in [1.29, 1.82) is 0 Å². The zero-order valence-electron chi connectivity index (χ0n) is 12.7. The molecule has 2 rings (SSSR count). The molecule has 0 aliphatic heterocycles. The number of carbonyl (C=O) groups is 2. The Bertz CT molecular complexity index is 498. The summed E-state index contributed by atoms with van der Waals surface area (Å²) in [6.45, 7) is 3.23. The standard InChI is InChI=1S/C16H23NO4/c1-11-9-14(12(2)21-11)16(19)20-10-15(18)17-13-7-5-3-4-6-8-13/h9,13H,3-8,10H2,1-2H3,(H,17,18). The maximum atomic E-state index is 11.9. The molecule has 21 heavy (non-hydrogen) atoms. The Kier molecular flexibility index (Phi) is 5.42. The zero-order chi connectivity index (χ0) is 15.2. The molecule has 1 aliphatic carbocycles. The maximum absolute atomic E-state index is 11.9. The van der Waals surface area contributed by atoms with Crippen LogP contribution in [0, 0.1) is 13.8 Å². The summed E-state index contributed by atoms with van der Waals surface area (Å²) in [6, 6.07) is 1.84. The van der Waals surface area contributed by atoms with Crippen molar-refractivity contribution in [3.63, 3.8) is 0 Å². The summed E-state index contributed by atoms with van der Waals surface area (Å²) < 4.78 is 10.3. The number of amides is 1. The van der Waals surface area contributed by atoms with Crippen LogP contribution in [0.3, 0.4) is 0 Å². The van der Waals surface area contributed by atoms with Gasteiger partial charge in [0.1, 0.15) is 17.1 Å². The lowest BCUT2D eigenvalue weighted by Crippen LogP contribution is -2.37. The SMILES string of the molecule is Cc1cc(C(=O)OCC(=O)NC2CCCCCC2)c(C)o1. The number of hydrogen-bond acceptors (Lipinski definition) is 4. The molecule has 1 heterocycles. The third-order valence-electron chi connectivity index (χ3n) is 3.82. The van der Waals surface area contributed by atoms with Gasteiger partial charge in [0.2, 0.25) is 0 Å². The normalized spacial score (nSPS) is 16.3. The van der Waals surface area contributed by atoms with Crippen molar-refractivity contribution >= 4 is 11.9 Å². The quantitative estimate of drug-likeness (QED) is 0.684. The van der Waals surface area contributed by atoms with Gasteiger partial charge in [0.15, 0.2) is 6.61 Å². The summed E-state index contributed by atoms with van der Waals surface area (Å²) in [4.78, 5) is 23.7. The average molecular weight is 293 g/mol. The van der Waals surface area contributed by atoms with E-state index in [1.54, 1.807) is 19.9 Å². The van der Waals surface area contributed by atoms with E-state index in [1.165, 1.54) is 12.8 Å². The molecular weight excluding hydrogens is 270 g/mol. The van der Waals surface area contributed by atoms with Gasteiger partial charge in [-0.3, -0.25) is 4.79 Å². The zero-order valence-corrected chi connectivity index (χ0v) is 12.7. The van der Waals surface area contributed by atoms with Crippen LogP contribution in [0.25, 0.3) is 0 Å². The molecule has 0 unspecified atom stereocenters. The second-order valence-electron chi connectivity index (χ2n) is 5.66. The number of hydrogen-bond donors (Lipinski definition) is 1. The molecule has 0 spiro atoms. The van der Waals surface area contributed by atoms with Gasteiger partial charge in [-0.1, -0.05) is 25.7 Å². The van der Waals surface area contributed by atoms with Crippen molar-refractivity contribution in [3.05, 3.63) is 23.2 Å². The fourth-order valence-electron chi connectivity index (χ4n) is 2.74. The van der Waals surface area contributed by atoms with Gasteiger partial charge in [-0.15, -0.1) is 0 Å². The molecular formula is C16H23NO4. The molecule has 1 fully saturated rings. The molecule has 1 saturated carbocycles. The minimum Gasteiger partial charge on any atom is -0.466 e. The summed E-state index contributed by atoms with van der Waals surface area (Å²) in [7, 11) is 0. The van der Waals surface area contributed by atoms with E-state index >= 15 is 0 Å². The Morgan fingerprint density at radius 1 is 1.24 bits per heavy atom. The molecule has 5 nitrogen and oxygen atoms in total. The van der Waals surface area contributed by atoms with E-state index in [4.69, 9.17) is 9.15 Å². The lowest BCUT2D eigenvalue weighted by atomic mass is 10.1. The van der Waals surface area contributed by atoms with Crippen LogP contribution in [0.4, 0.5) is 0 Å². The number of aryl methyl sites for hydroxylation is 2. The molecule has 0 radical (unpaired) electrons. The molecule has 1 aromatic heterocycles. The van der Waals surface area contributed by atoms with Gasteiger partial charge in [-0.05, 0) is 32.8 Å². The van der Waals surface area contributed by atoms with E-state index in [2.05, 4.69) is 5.32 Å². The number of furan rings is 1. The van der Waals surface area contributed by atoms with Crippen LogP contribution in [-0.2, 0) is 9.53 Å². The minimum atomic E-state index is -0.514. The van der Waals surface area contributed by atoms with Gasteiger partial charge >= 0.3 is 5.97 Å². The fraction of sp³-hybridized carbons (Fsp3) is 0.625. The van der Waals surface area contributed by atoms with Gasteiger partial charge in [-0.2, -0.15) is 0 Å². The lowest BCUT2D eigenvalue weighted by Gasteiger charge is -2.16. The Morgan fingerprint density at radius 2 is 1.90 bits per heavy atom. The van der Waals surface area contributed by atoms with Crippen LogP contribution in [0.2, 0.25) is 0 Å². The van der Waals surface area contributed by atoms with Crippen molar-refractivity contribution < 1.29 is 18.7 Å². The Labute approximate surface area is 125 Å². The molecule has 1 amide bonds. The van der Waals surface area contributed by atoms with Gasteiger partial charge in [-0.25, -0.2) is 4.79 Å². The topological polar surface area (TPSA) is 68.5 Å². The first kappa shape index (κ1) is 15.6. The Hall–Kier alpha value is -1.78. The Morgan fingerprint density at radius 3 is 2.48 bits per heavy atom. The molecule has 0 saturated heterocycles. The highest BCUT2D eigenvalue weighted by molar-refractivity contribution is 5.92. The lowest BCUT2D eigenvalue weighted by molar-refractivity contribution is -0.125. The van der Waals surface area contributed by atoms with E-state index < -0.39 is 5.97 Å². The highest BCUT2D eigenvalue weighted by atomic mass is 16.5. The van der Waals surface area contributed by atoms with Crippen LogP contribution in [0.1, 0.15) is 60.4 Å². The first-order valence-corrected chi connectivity index (χ1v) is 7.60. The van der Waals surface area contributed by atoms with Crippen LogP contribution < -0.4 is 5.32 Å². The van der Waals surface area contributed by atoms with Crippen molar-refractivity contribution in [2.45, 2.75) is 58.4 Å². The fourth-order valence-corrected chi connectivity index (χ4v) is 2.74. The van der Waals surface area contributed by atoms with Crippen LogP contribution >= 0.6 is 0 Å². The summed E-state index contributed by atoms with van der Waals surface area (Å²) in [5.41, 5.74) is 0.384. The van der Waals surface area contributed by atoms with E-state index in [1.807, 2.05) is 0 Å². The third kappa shape index (κ3) is 4.62. The molecule has 0 atom stereocenters. The average Bonchev–Trinajstić information content (AvgIpc) is 2.65. The van der Waals surface area contributed by atoms with Gasteiger partial charge in [0.25, 0.3) is 5.91 Å². The molecule has 0 bridgehead atoms. The summed E-state index contributed by atoms with van der Waals surface area (Å²) in [5.74, 6) is 0.428. The van der Waals surface area contributed by atoms with Crippen molar-refractivity contribution in [1.82, 2.24) is 5.32 Å². The Balaban J connectivity index is 1.78. The highest BCUT2D eigenvalue weighted by Gasteiger charge is 2.18. The van der Waals surface area contributed by atoms with Crippen molar-refractivity contribution in [2.75, 3.05) is 6.61 Å². The van der Waals surface area contributed by atoms with Crippen LogP contribution in [0.15, 0.2) is 10.5 Å². The smallest absolute Gasteiger partial charge is 0.342 e. The molecule has 5 heteroatoms. The second kappa shape index (κ2) is 7.29. The summed E-state index contributed by atoms with van der Waals surface area (Å²) in [6.07, 6.45) is 6.80. The molecule has 0 aromatic carbocycles. The van der Waals surface area contributed by atoms with Crippen molar-refractivity contribution in [2.24, 2.45) is 0 Å². The van der Waals surface area contributed by atoms with Crippen molar-refractivity contribution in [3.8, 4) is 0 Å². The number of ether oxygens (including phenoxy) is 1. The van der Waals surface area contributed by atoms with E-state index in [0.717, 1.165) is 25.7 Å². The number of esters is 1. The largest absolute Gasteiger partial charge is 0.466 e. The summed E-state index contributed by atoms with van der Waals surface area (Å²) >= 11 is 0. The molecule has 1 aliphatic rings. The molecule has 1 aromatic rings. The molecule has 116 valence electrons. The first-order chi connectivity index (χ1) is 10.1. The third-order valence-corrected chi connectivity index (χ3v) is 3.82. The van der Waals surface area contributed by atoms with Crippen LogP contribution in [0.5, 0.6) is 0 Å². The molecule has 1 N–H and O–H groups in total. The first-order valence-electron chi connectivity index (χ1n) is 7.60. The summed E-state index contributed by atoms with van der Waals surface area (Å²) in [5, 5.41) is 2.95. The van der Waals surface area contributed by atoms with E-state index in [-0.39, 0.29) is 18.6 Å². The van der Waals surface area contributed by atoms with E-state index in [0.29, 0.717) is 17.1 Å².